The van der Waals surface area contributed by atoms with Gasteiger partial charge in [-0.2, -0.15) is 0 Å². The smallest absolute Gasteiger partial charge is 0.252 e. The number of hydrogen-bond donors (Lipinski definition) is 2. The van der Waals surface area contributed by atoms with Gasteiger partial charge >= 0.3 is 0 Å². The molecule has 122 valence electrons. The van der Waals surface area contributed by atoms with Crippen LogP contribution in [0.3, 0.4) is 0 Å². The topological polar surface area (TPSA) is 75.3 Å². The largest absolute Gasteiger partial charge is 0.350 e. The van der Waals surface area contributed by atoms with Gasteiger partial charge in [0, 0.05) is 17.1 Å². The summed E-state index contributed by atoms with van der Waals surface area (Å²) in [5.74, 6) is -0.298. The highest BCUT2D eigenvalue weighted by Crippen LogP contribution is 2.21. The van der Waals surface area contributed by atoms with Crippen LogP contribution in [0.2, 0.25) is 0 Å². The third kappa shape index (κ3) is 5.23. The fourth-order valence-electron chi connectivity index (χ4n) is 1.90. The van der Waals surface area contributed by atoms with Crippen molar-refractivity contribution in [2.75, 3.05) is 6.54 Å². The Morgan fingerprint density at radius 2 is 2.14 bits per heavy atom. The Kier molecular flexibility index (Phi) is 7.25. The first kappa shape index (κ1) is 18.9. The molecule has 1 unspecified atom stereocenters. The molecule has 0 spiro atoms. The van der Waals surface area contributed by atoms with E-state index in [0.717, 1.165) is 12.8 Å². The van der Waals surface area contributed by atoms with Gasteiger partial charge in [-0.25, -0.2) is 13.1 Å². The van der Waals surface area contributed by atoms with E-state index < -0.39 is 10.0 Å². The van der Waals surface area contributed by atoms with E-state index in [1.807, 2.05) is 13.8 Å². The maximum absolute atomic E-state index is 12.3. The molecule has 0 saturated carbocycles. The van der Waals surface area contributed by atoms with Crippen LogP contribution >= 0.6 is 15.9 Å². The van der Waals surface area contributed by atoms with E-state index in [9.17, 15) is 13.2 Å². The molecule has 0 fully saturated rings. The fraction of sp³-hybridized carbons (Fsp3) is 0.400. The second-order valence-electron chi connectivity index (χ2n) is 4.95. The van der Waals surface area contributed by atoms with E-state index in [-0.39, 0.29) is 23.4 Å². The first-order chi connectivity index (χ1) is 10.3. The molecule has 2 N–H and O–H groups in total. The van der Waals surface area contributed by atoms with Crippen LogP contribution in [0.15, 0.2) is 40.2 Å². The van der Waals surface area contributed by atoms with Gasteiger partial charge in [0.15, 0.2) is 0 Å². The minimum absolute atomic E-state index is 0.0311. The lowest BCUT2D eigenvalue weighted by molar-refractivity contribution is 0.0937. The summed E-state index contributed by atoms with van der Waals surface area (Å²) in [7, 11) is -3.66. The number of nitrogens with one attached hydrogen (secondary N) is 2. The van der Waals surface area contributed by atoms with Gasteiger partial charge < -0.3 is 5.32 Å². The highest BCUT2D eigenvalue weighted by atomic mass is 79.9. The summed E-state index contributed by atoms with van der Waals surface area (Å²) in [6, 6.07) is 4.40. The fourth-order valence-corrected chi connectivity index (χ4v) is 3.36. The minimum atomic E-state index is -3.66. The van der Waals surface area contributed by atoms with Crippen molar-refractivity contribution in [3.63, 3.8) is 0 Å². The molecule has 5 nitrogen and oxygen atoms in total. The number of carbonyl (C=O) groups excluding carboxylic acids is 1. The SMILES string of the molecule is C=CCNS(=O)(=O)c1ccc(Br)c(C(=O)NC(C)CCC)c1. The molecule has 7 heteroatoms. The first-order valence-electron chi connectivity index (χ1n) is 7.02. The van der Waals surface area contributed by atoms with Crippen molar-refractivity contribution in [1.82, 2.24) is 10.0 Å². The molecular weight excluding hydrogens is 368 g/mol. The minimum Gasteiger partial charge on any atom is -0.350 e. The lowest BCUT2D eigenvalue weighted by Crippen LogP contribution is -2.33. The highest BCUT2D eigenvalue weighted by molar-refractivity contribution is 9.10. The van der Waals surface area contributed by atoms with Crippen molar-refractivity contribution >= 4 is 31.9 Å². The van der Waals surface area contributed by atoms with Crippen molar-refractivity contribution in [1.29, 1.82) is 0 Å². The number of hydrogen-bond acceptors (Lipinski definition) is 3. The summed E-state index contributed by atoms with van der Waals surface area (Å²) < 4.78 is 27.1. The van der Waals surface area contributed by atoms with Crippen molar-refractivity contribution in [2.24, 2.45) is 0 Å². The monoisotopic (exact) mass is 388 g/mol. The standard InChI is InChI=1S/C15H21BrN2O3S/c1-4-6-11(3)18-15(19)13-10-12(7-8-14(13)16)22(20,21)17-9-5-2/h5,7-8,10-11,17H,2,4,6,9H2,1,3H3,(H,18,19). The Labute approximate surface area is 140 Å². The second-order valence-corrected chi connectivity index (χ2v) is 7.57. The lowest BCUT2D eigenvalue weighted by Gasteiger charge is -2.14. The van der Waals surface area contributed by atoms with E-state index in [4.69, 9.17) is 0 Å². The van der Waals surface area contributed by atoms with Crippen LogP contribution in [0.25, 0.3) is 0 Å². The lowest BCUT2D eigenvalue weighted by atomic mass is 10.1. The molecule has 1 atom stereocenters. The Morgan fingerprint density at radius 3 is 2.73 bits per heavy atom. The molecular formula is C15H21BrN2O3S. The van der Waals surface area contributed by atoms with Gasteiger partial charge in [0.1, 0.15) is 0 Å². The van der Waals surface area contributed by atoms with Crippen LogP contribution in [0.5, 0.6) is 0 Å². The molecule has 1 rings (SSSR count). The maximum Gasteiger partial charge on any atom is 0.252 e. The molecule has 1 amide bonds. The summed E-state index contributed by atoms with van der Waals surface area (Å²) in [5, 5.41) is 2.86. The average Bonchev–Trinajstić information content (AvgIpc) is 2.45. The van der Waals surface area contributed by atoms with Crippen molar-refractivity contribution < 1.29 is 13.2 Å². The highest BCUT2D eigenvalue weighted by Gasteiger charge is 2.18. The van der Waals surface area contributed by atoms with E-state index in [1.165, 1.54) is 18.2 Å². The molecule has 0 aliphatic carbocycles. The Bertz CT molecular complexity index is 644. The molecule has 0 aliphatic rings. The van der Waals surface area contributed by atoms with Crippen molar-refractivity contribution in [2.45, 2.75) is 37.6 Å². The molecule has 1 aromatic rings. The summed E-state index contributed by atoms with van der Waals surface area (Å²) >= 11 is 3.29. The Hall–Kier alpha value is -1.18. The molecule has 0 aromatic heterocycles. The number of halogens is 1. The predicted octanol–water partition coefficient (Wildman–Crippen LogP) is 2.83. The Balaban J connectivity index is 3.04. The second kappa shape index (κ2) is 8.45. The average molecular weight is 389 g/mol. The molecule has 0 heterocycles. The Morgan fingerprint density at radius 1 is 1.45 bits per heavy atom. The van der Waals surface area contributed by atoms with Crippen molar-refractivity contribution in [3.05, 3.63) is 40.9 Å². The predicted molar refractivity (Wildman–Crippen MR) is 91.4 cm³/mol. The first-order valence-corrected chi connectivity index (χ1v) is 9.30. The van der Waals surface area contributed by atoms with Crippen molar-refractivity contribution in [3.8, 4) is 0 Å². The van der Waals surface area contributed by atoms with Gasteiger partial charge in [-0.1, -0.05) is 19.4 Å². The zero-order chi connectivity index (χ0) is 16.8. The van der Waals surface area contributed by atoms with Gasteiger partial charge in [-0.15, -0.1) is 6.58 Å². The van der Waals surface area contributed by atoms with Crippen LogP contribution in [0.4, 0.5) is 0 Å². The van der Waals surface area contributed by atoms with Gasteiger partial charge in [-0.3, -0.25) is 4.79 Å². The number of sulfonamides is 1. The van der Waals surface area contributed by atoms with Gasteiger partial charge in [0.05, 0.1) is 10.5 Å². The molecule has 0 aliphatic heterocycles. The van der Waals surface area contributed by atoms with Gasteiger partial charge in [0.25, 0.3) is 5.91 Å². The number of amides is 1. The van der Waals surface area contributed by atoms with E-state index >= 15 is 0 Å². The van der Waals surface area contributed by atoms with Crippen LogP contribution in [0.1, 0.15) is 37.0 Å². The summed E-state index contributed by atoms with van der Waals surface area (Å²) in [6.45, 7) is 7.56. The van der Waals surface area contributed by atoms with Crippen LogP contribution in [-0.4, -0.2) is 26.9 Å². The van der Waals surface area contributed by atoms with Gasteiger partial charge in [-0.05, 0) is 47.5 Å². The summed E-state index contributed by atoms with van der Waals surface area (Å²) in [4.78, 5) is 12.3. The number of rotatable bonds is 8. The molecule has 1 aromatic carbocycles. The van der Waals surface area contributed by atoms with E-state index in [1.54, 1.807) is 6.07 Å². The zero-order valence-corrected chi connectivity index (χ0v) is 15.1. The van der Waals surface area contributed by atoms with Crippen LogP contribution in [0, 0.1) is 0 Å². The van der Waals surface area contributed by atoms with Gasteiger partial charge in [0.2, 0.25) is 10.0 Å². The molecule has 22 heavy (non-hydrogen) atoms. The molecule has 0 bridgehead atoms. The summed E-state index contributed by atoms with van der Waals surface area (Å²) in [6.07, 6.45) is 3.28. The number of carbonyl (C=O) groups is 1. The number of benzene rings is 1. The third-order valence-electron chi connectivity index (χ3n) is 3.01. The zero-order valence-electron chi connectivity index (χ0n) is 12.7. The van der Waals surface area contributed by atoms with Crippen LogP contribution < -0.4 is 10.0 Å². The van der Waals surface area contributed by atoms with E-state index in [0.29, 0.717) is 10.0 Å². The normalized spacial score (nSPS) is 12.7. The molecule has 0 radical (unpaired) electrons. The van der Waals surface area contributed by atoms with E-state index in [2.05, 4.69) is 32.5 Å². The quantitative estimate of drug-likeness (QED) is 0.672. The molecule has 0 saturated heterocycles. The third-order valence-corrected chi connectivity index (χ3v) is 5.12. The summed E-state index contributed by atoms with van der Waals surface area (Å²) in [5.41, 5.74) is 0.296. The maximum atomic E-state index is 12.3. The van der Waals surface area contributed by atoms with Crippen LogP contribution in [-0.2, 0) is 10.0 Å².